The van der Waals surface area contributed by atoms with Crippen molar-refractivity contribution in [1.29, 1.82) is 0 Å². The van der Waals surface area contributed by atoms with Crippen molar-refractivity contribution >= 4 is 32.7 Å². The first-order chi connectivity index (χ1) is 17.1. The zero-order valence-electron chi connectivity index (χ0n) is 19.6. The monoisotopic (exact) mass is 488 g/mol. The average Bonchev–Trinajstić information content (AvgIpc) is 3.32. The summed E-state index contributed by atoms with van der Waals surface area (Å²) in [4.78, 5) is 18.3. The summed E-state index contributed by atoms with van der Waals surface area (Å²) in [5, 5.41) is 0.768. The van der Waals surface area contributed by atoms with Gasteiger partial charge in [-0.05, 0) is 60.9 Å². The number of carbonyl (C=O) groups excluding carboxylic acids is 1. The molecule has 178 valence electrons. The number of hydrogen-bond acceptors (Lipinski definition) is 6. The van der Waals surface area contributed by atoms with Crippen molar-refractivity contribution in [2.45, 2.75) is 19.9 Å². The zero-order valence-corrected chi connectivity index (χ0v) is 20.4. The van der Waals surface area contributed by atoms with E-state index in [1.807, 2.05) is 54.6 Å². The Morgan fingerprint density at radius 3 is 2.49 bits per heavy atom. The lowest BCUT2D eigenvalue weighted by molar-refractivity contribution is -0.136. The molecule has 1 heterocycles. The van der Waals surface area contributed by atoms with Crippen LogP contribution in [-0.4, -0.2) is 31.2 Å². The number of thiazole rings is 1. The van der Waals surface area contributed by atoms with Gasteiger partial charge < -0.3 is 14.4 Å². The molecule has 0 unspecified atom stereocenters. The van der Waals surface area contributed by atoms with Crippen LogP contribution in [-0.2, 0) is 22.5 Å². The summed E-state index contributed by atoms with van der Waals surface area (Å²) in [6.45, 7) is 3.35. The number of halogens is 1. The van der Waals surface area contributed by atoms with Crippen molar-refractivity contribution in [3.05, 3.63) is 89.2 Å². The molecule has 3 aromatic carbocycles. The predicted octanol–water partition coefficient (Wildman–Crippen LogP) is 5.61. The molecule has 0 aliphatic heterocycles. The molecular weight excluding hydrogens is 463 g/mol. The highest BCUT2D eigenvalue weighted by atomic mass is 32.1. The summed E-state index contributed by atoms with van der Waals surface area (Å²) in [5.41, 5.74) is 3.62. The zero-order chi connectivity index (χ0) is 24.6. The van der Waals surface area contributed by atoms with Crippen LogP contribution in [0.4, 0.5) is 9.52 Å². The third-order valence-electron chi connectivity index (χ3n) is 5.37. The molecule has 7 heteroatoms. The maximum Gasteiger partial charge on any atom is 0.384 e. The highest BCUT2D eigenvalue weighted by molar-refractivity contribution is 7.22. The fraction of sp³-hybridized carbons (Fsp3) is 0.214. The van der Waals surface area contributed by atoms with Crippen molar-refractivity contribution in [2.75, 3.05) is 25.2 Å². The van der Waals surface area contributed by atoms with E-state index in [0.29, 0.717) is 29.9 Å². The molecule has 0 amide bonds. The summed E-state index contributed by atoms with van der Waals surface area (Å²) >= 11 is 1.36. The van der Waals surface area contributed by atoms with E-state index in [-0.39, 0.29) is 5.82 Å². The quantitative estimate of drug-likeness (QED) is 0.238. The number of ether oxygens (including phenoxy) is 2. The van der Waals surface area contributed by atoms with Gasteiger partial charge in [-0.3, -0.25) is 0 Å². The number of nitrogens with zero attached hydrogens (tertiary/aromatic N) is 2. The Balaban J connectivity index is 1.54. The molecule has 0 aliphatic rings. The van der Waals surface area contributed by atoms with Crippen molar-refractivity contribution in [3.63, 3.8) is 0 Å². The van der Waals surface area contributed by atoms with E-state index in [4.69, 9.17) is 14.5 Å². The Bertz CT molecular complexity index is 1360. The number of anilines is 1. The smallest absolute Gasteiger partial charge is 0.384 e. The van der Waals surface area contributed by atoms with Gasteiger partial charge in [0.2, 0.25) is 0 Å². The van der Waals surface area contributed by atoms with Crippen LogP contribution in [0.15, 0.2) is 66.7 Å². The number of esters is 1. The van der Waals surface area contributed by atoms with E-state index in [9.17, 15) is 9.18 Å². The maximum atomic E-state index is 14.3. The van der Waals surface area contributed by atoms with E-state index >= 15 is 0 Å². The summed E-state index contributed by atoms with van der Waals surface area (Å²) in [5.74, 6) is 5.32. The second-order valence-electron chi connectivity index (χ2n) is 7.77. The van der Waals surface area contributed by atoms with Crippen molar-refractivity contribution in [3.8, 4) is 17.6 Å². The van der Waals surface area contributed by atoms with Crippen LogP contribution >= 0.6 is 11.3 Å². The van der Waals surface area contributed by atoms with Crippen molar-refractivity contribution in [2.24, 2.45) is 0 Å². The highest BCUT2D eigenvalue weighted by Gasteiger charge is 2.15. The summed E-state index contributed by atoms with van der Waals surface area (Å²) < 4.78 is 25.0. The number of aromatic nitrogens is 1. The summed E-state index contributed by atoms with van der Waals surface area (Å²) in [6, 6.07) is 20.7. The minimum Gasteiger partial charge on any atom is -0.497 e. The summed E-state index contributed by atoms with van der Waals surface area (Å²) in [6.07, 6.45) is 0.797. The second-order valence-corrected chi connectivity index (χ2v) is 8.75. The van der Waals surface area contributed by atoms with Gasteiger partial charge in [-0.1, -0.05) is 47.6 Å². The van der Waals surface area contributed by atoms with Gasteiger partial charge in [-0.2, -0.15) is 0 Å². The fourth-order valence-electron chi connectivity index (χ4n) is 3.54. The molecule has 0 saturated carbocycles. The Morgan fingerprint density at radius 2 is 1.80 bits per heavy atom. The van der Waals surface area contributed by atoms with E-state index in [0.717, 1.165) is 28.4 Å². The van der Waals surface area contributed by atoms with Crippen molar-refractivity contribution in [1.82, 2.24) is 4.98 Å². The standard InChI is InChI=1S/C28H25FN2O3S/c1-3-34-26(32)16-13-20-7-9-22(10-8-20)19-31(18-17-21-11-14-23(33-2)15-12-21)28-30-25-6-4-5-24(29)27(25)35-28/h4-12,14-15H,3,17-19H2,1-2H3. The lowest BCUT2D eigenvalue weighted by Crippen LogP contribution is -2.25. The van der Waals surface area contributed by atoms with Crippen LogP contribution in [0.5, 0.6) is 5.75 Å². The molecule has 0 spiro atoms. The van der Waals surface area contributed by atoms with Crippen LogP contribution in [0.2, 0.25) is 0 Å². The number of hydrogen-bond donors (Lipinski definition) is 0. The second kappa shape index (κ2) is 11.5. The third-order valence-corrected chi connectivity index (χ3v) is 6.51. The van der Waals surface area contributed by atoms with Crippen LogP contribution in [0, 0.1) is 17.7 Å². The Labute approximate surface area is 208 Å². The average molecular weight is 489 g/mol. The van der Waals surface area contributed by atoms with E-state index in [1.54, 1.807) is 20.1 Å². The van der Waals surface area contributed by atoms with Crippen LogP contribution in [0.25, 0.3) is 10.2 Å². The molecular formula is C28H25FN2O3S. The Kier molecular flexibility index (Phi) is 7.96. The maximum absolute atomic E-state index is 14.3. The third kappa shape index (κ3) is 6.37. The van der Waals surface area contributed by atoms with E-state index < -0.39 is 5.97 Å². The molecule has 0 radical (unpaired) electrons. The minimum absolute atomic E-state index is 0.258. The molecule has 35 heavy (non-hydrogen) atoms. The van der Waals surface area contributed by atoms with Crippen LogP contribution < -0.4 is 9.64 Å². The fourth-order valence-corrected chi connectivity index (χ4v) is 4.54. The van der Waals surface area contributed by atoms with Gasteiger partial charge in [-0.25, -0.2) is 14.2 Å². The van der Waals surface area contributed by atoms with Gasteiger partial charge in [0.15, 0.2) is 5.13 Å². The molecule has 4 rings (SSSR count). The molecule has 1 aromatic heterocycles. The summed E-state index contributed by atoms with van der Waals surface area (Å²) in [7, 11) is 1.65. The molecule has 0 aliphatic carbocycles. The topological polar surface area (TPSA) is 51.7 Å². The molecule has 0 N–H and O–H groups in total. The van der Waals surface area contributed by atoms with Crippen LogP contribution in [0.1, 0.15) is 23.6 Å². The van der Waals surface area contributed by atoms with Gasteiger partial charge >= 0.3 is 5.97 Å². The Hall–Kier alpha value is -3.89. The van der Waals surface area contributed by atoms with Crippen LogP contribution in [0.3, 0.4) is 0 Å². The molecule has 0 atom stereocenters. The predicted molar refractivity (Wildman–Crippen MR) is 137 cm³/mol. The normalized spacial score (nSPS) is 10.5. The van der Waals surface area contributed by atoms with Crippen molar-refractivity contribution < 1.29 is 18.7 Å². The molecule has 0 bridgehead atoms. The number of rotatable bonds is 8. The van der Waals surface area contributed by atoms with Gasteiger partial charge in [0, 0.05) is 24.6 Å². The largest absolute Gasteiger partial charge is 0.497 e. The lowest BCUT2D eigenvalue weighted by atomic mass is 10.1. The SMILES string of the molecule is CCOC(=O)C#Cc1ccc(CN(CCc2ccc(OC)cc2)c2nc3cccc(F)c3s2)cc1. The number of fused-ring (bicyclic) bond motifs is 1. The molecule has 4 aromatic rings. The highest BCUT2D eigenvalue weighted by Crippen LogP contribution is 2.31. The van der Waals surface area contributed by atoms with E-state index in [2.05, 4.69) is 16.7 Å². The van der Waals surface area contributed by atoms with Gasteiger partial charge in [0.05, 0.1) is 23.9 Å². The lowest BCUT2D eigenvalue weighted by Gasteiger charge is -2.22. The molecule has 0 fully saturated rings. The van der Waals surface area contributed by atoms with E-state index in [1.165, 1.54) is 23.0 Å². The number of carbonyl (C=O) groups is 1. The molecule has 0 saturated heterocycles. The van der Waals surface area contributed by atoms with Gasteiger partial charge in [0.25, 0.3) is 0 Å². The minimum atomic E-state index is -0.538. The number of methoxy groups -OCH3 is 1. The Morgan fingerprint density at radius 1 is 1.06 bits per heavy atom. The first kappa shape index (κ1) is 24.2. The molecule has 5 nitrogen and oxygen atoms in total. The van der Waals surface area contributed by atoms with Gasteiger partial charge in [0.1, 0.15) is 11.6 Å². The first-order valence-electron chi connectivity index (χ1n) is 11.3. The number of benzene rings is 3. The van der Waals surface area contributed by atoms with Gasteiger partial charge in [-0.15, -0.1) is 0 Å². The first-order valence-corrected chi connectivity index (χ1v) is 12.1.